The quantitative estimate of drug-likeness (QED) is 0.834. The van der Waals surface area contributed by atoms with Gasteiger partial charge in [0.25, 0.3) is 5.91 Å². The van der Waals surface area contributed by atoms with E-state index < -0.39 is 6.04 Å². The van der Waals surface area contributed by atoms with Gasteiger partial charge in [-0.15, -0.1) is 0 Å². The van der Waals surface area contributed by atoms with Gasteiger partial charge in [-0.05, 0) is 61.2 Å². The number of hydrogen-bond acceptors (Lipinski definition) is 2. The Balaban J connectivity index is 2.14. The minimum absolute atomic E-state index is 0.0543. The van der Waals surface area contributed by atoms with Crippen LogP contribution in [0.1, 0.15) is 35.3 Å². The second kappa shape index (κ2) is 8.17. The number of carbonyl (C=O) groups excluding carboxylic acids is 2. The van der Waals surface area contributed by atoms with E-state index in [9.17, 15) is 9.59 Å². The first kappa shape index (κ1) is 19.0. The molecule has 0 aliphatic carbocycles. The van der Waals surface area contributed by atoms with Crippen LogP contribution >= 0.6 is 11.6 Å². The van der Waals surface area contributed by atoms with Gasteiger partial charge in [0.15, 0.2) is 0 Å². The van der Waals surface area contributed by atoms with Crippen molar-refractivity contribution in [2.75, 3.05) is 5.32 Å². The highest BCUT2D eigenvalue weighted by Gasteiger charge is 2.25. The largest absolute Gasteiger partial charge is 0.340 e. The Morgan fingerprint density at radius 3 is 2.24 bits per heavy atom. The van der Waals surface area contributed by atoms with E-state index in [-0.39, 0.29) is 17.7 Å². The maximum absolute atomic E-state index is 12.7. The molecule has 2 N–H and O–H groups in total. The third kappa shape index (κ3) is 5.07. The van der Waals surface area contributed by atoms with Gasteiger partial charge >= 0.3 is 0 Å². The minimum atomic E-state index is -0.636. The standard InChI is InChI=1S/C20H23ClN2O2/c1-12(2)18(23-19(24)15-7-9-16(21)10-8-15)20(25)22-17-11-13(3)5-6-14(17)4/h5-12,18H,1-4H3,(H,22,25)(H,23,24)/t18-/m0/s1. The zero-order chi connectivity index (χ0) is 18.6. The highest BCUT2D eigenvalue weighted by molar-refractivity contribution is 6.30. The molecule has 5 heteroatoms. The van der Waals surface area contributed by atoms with Gasteiger partial charge in [-0.25, -0.2) is 0 Å². The van der Waals surface area contributed by atoms with E-state index in [0.717, 1.165) is 16.8 Å². The highest BCUT2D eigenvalue weighted by atomic mass is 35.5. The summed E-state index contributed by atoms with van der Waals surface area (Å²) in [4.78, 5) is 25.1. The molecule has 0 aromatic heterocycles. The average molecular weight is 359 g/mol. The van der Waals surface area contributed by atoms with Crippen LogP contribution in [0.25, 0.3) is 0 Å². The van der Waals surface area contributed by atoms with Crippen LogP contribution in [0, 0.1) is 19.8 Å². The van der Waals surface area contributed by atoms with Gasteiger partial charge in [0.2, 0.25) is 5.91 Å². The molecule has 0 spiro atoms. The SMILES string of the molecule is Cc1ccc(C)c(NC(=O)[C@@H](NC(=O)c2ccc(Cl)cc2)C(C)C)c1. The molecular formula is C20H23ClN2O2. The summed E-state index contributed by atoms with van der Waals surface area (Å²) in [7, 11) is 0. The topological polar surface area (TPSA) is 58.2 Å². The highest BCUT2D eigenvalue weighted by Crippen LogP contribution is 2.18. The van der Waals surface area contributed by atoms with Crippen LogP contribution in [0.2, 0.25) is 5.02 Å². The van der Waals surface area contributed by atoms with Crippen LogP contribution in [0.4, 0.5) is 5.69 Å². The Kier molecular flexibility index (Phi) is 6.21. The van der Waals surface area contributed by atoms with Gasteiger partial charge < -0.3 is 10.6 Å². The Hall–Kier alpha value is -2.33. The molecule has 0 radical (unpaired) electrons. The molecule has 0 aliphatic rings. The van der Waals surface area contributed by atoms with Crippen LogP contribution in [0.15, 0.2) is 42.5 Å². The molecule has 0 heterocycles. The molecular weight excluding hydrogens is 336 g/mol. The third-order valence-electron chi connectivity index (χ3n) is 3.99. The molecule has 2 aromatic carbocycles. The Morgan fingerprint density at radius 2 is 1.64 bits per heavy atom. The maximum atomic E-state index is 12.7. The Morgan fingerprint density at radius 1 is 1.00 bits per heavy atom. The average Bonchev–Trinajstić information content (AvgIpc) is 2.56. The first-order chi connectivity index (χ1) is 11.8. The smallest absolute Gasteiger partial charge is 0.251 e. The lowest BCUT2D eigenvalue weighted by Gasteiger charge is -2.22. The third-order valence-corrected chi connectivity index (χ3v) is 4.25. The van der Waals surface area contributed by atoms with E-state index in [0.29, 0.717) is 10.6 Å². The van der Waals surface area contributed by atoms with E-state index in [1.165, 1.54) is 0 Å². The number of rotatable bonds is 5. The van der Waals surface area contributed by atoms with E-state index in [1.54, 1.807) is 24.3 Å². The van der Waals surface area contributed by atoms with Crippen LogP contribution < -0.4 is 10.6 Å². The molecule has 0 saturated heterocycles. The predicted octanol–water partition coefficient (Wildman–Crippen LogP) is 4.35. The van der Waals surface area contributed by atoms with Crippen molar-refractivity contribution in [3.8, 4) is 0 Å². The van der Waals surface area contributed by atoms with Crippen molar-refractivity contribution in [2.45, 2.75) is 33.7 Å². The first-order valence-electron chi connectivity index (χ1n) is 8.22. The lowest BCUT2D eigenvalue weighted by atomic mass is 10.0. The van der Waals surface area contributed by atoms with Crippen LogP contribution in [0.5, 0.6) is 0 Å². The summed E-state index contributed by atoms with van der Waals surface area (Å²) >= 11 is 5.84. The van der Waals surface area contributed by atoms with E-state index in [1.807, 2.05) is 45.9 Å². The lowest BCUT2D eigenvalue weighted by Crippen LogP contribution is -2.47. The van der Waals surface area contributed by atoms with Crippen molar-refractivity contribution in [3.05, 3.63) is 64.2 Å². The van der Waals surface area contributed by atoms with Crippen molar-refractivity contribution in [1.82, 2.24) is 5.32 Å². The number of carbonyl (C=O) groups is 2. The molecule has 0 unspecified atom stereocenters. The van der Waals surface area contributed by atoms with E-state index in [2.05, 4.69) is 10.6 Å². The van der Waals surface area contributed by atoms with Gasteiger partial charge in [0, 0.05) is 16.3 Å². The monoisotopic (exact) mass is 358 g/mol. The van der Waals surface area contributed by atoms with Gasteiger partial charge in [0.1, 0.15) is 6.04 Å². The molecule has 132 valence electrons. The summed E-state index contributed by atoms with van der Waals surface area (Å²) in [6, 6.07) is 11.8. The van der Waals surface area contributed by atoms with Crippen LogP contribution in [-0.2, 0) is 4.79 Å². The fourth-order valence-corrected chi connectivity index (χ4v) is 2.57. The fourth-order valence-electron chi connectivity index (χ4n) is 2.44. The van der Waals surface area contributed by atoms with Crippen molar-refractivity contribution >= 4 is 29.1 Å². The summed E-state index contributed by atoms with van der Waals surface area (Å²) in [6.45, 7) is 7.70. The first-order valence-corrected chi connectivity index (χ1v) is 8.60. The number of anilines is 1. The molecule has 1 atom stereocenters. The number of benzene rings is 2. The summed E-state index contributed by atoms with van der Waals surface area (Å²) in [5, 5.41) is 6.30. The summed E-state index contributed by atoms with van der Waals surface area (Å²) in [5.41, 5.74) is 3.27. The normalized spacial score (nSPS) is 11.9. The number of hydrogen-bond donors (Lipinski definition) is 2. The Bertz CT molecular complexity index is 770. The molecule has 4 nitrogen and oxygen atoms in total. The zero-order valence-corrected chi connectivity index (χ0v) is 15.6. The van der Waals surface area contributed by atoms with Gasteiger partial charge in [-0.3, -0.25) is 9.59 Å². The second-order valence-electron chi connectivity index (χ2n) is 6.51. The maximum Gasteiger partial charge on any atom is 0.251 e. The van der Waals surface area contributed by atoms with Crippen LogP contribution in [0.3, 0.4) is 0 Å². The number of halogens is 1. The molecule has 0 bridgehead atoms. The molecule has 2 amide bonds. The number of amides is 2. The summed E-state index contributed by atoms with van der Waals surface area (Å²) in [6.07, 6.45) is 0. The molecule has 0 fully saturated rings. The molecule has 2 aromatic rings. The zero-order valence-electron chi connectivity index (χ0n) is 14.9. The molecule has 0 saturated carbocycles. The minimum Gasteiger partial charge on any atom is -0.340 e. The van der Waals surface area contributed by atoms with E-state index >= 15 is 0 Å². The van der Waals surface area contributed by atoms with Gasteiger partial charge in [-0.2, -0.15) is 0 Å². The van der Waals surface area contributed by atoms with Crippen molar-refractivity contribution < 1.29 is 9.59 Å². The van der Waals surface area contributed by atoms with Crippen molar-refractivity contribution in [1.29, 1.82) is 0 Å². The lowest BCUT2D eigenvalue weighted by molar-refractivity contribution is -0.118. The van der Waals surface area contributed by atoms with Crippen molar-refractivity contribution in [2.24, 2.45) is 5.92 Å². The molecule has 25 heavy (non-hydrogen) atoms. The van der Waals surface area contributed by atoms with Gasteiger partial charge in [-0.1, -0.05) is 37.6 Å². The molecule has 0 aliphatic heterocycles. The second-order valence-corrected chi connectivity index (χ2v) is 6.95. The number of aryl methyl sites for hydroxylation is 2. The van der Waals surface area contributed by atoms with Crippen LogP contribution in [-0.4, -0.2) is 17.9 Å². The summed E-state index contributed by atoms with van der Waals surface area (Å²) < 4.78 is 0. The van der Waals surface area contributed by atoms with Gasteiger partial charge in [0.05, 0.1) is 0 Å². The van der Waals surface area contributed by atoms with E-state index in [4.69, 9.17) is 11.6 Å². The summed E-state index contributed by atoms with van der Waals surface area (Å²) in [5.74, 6) is -0.584. The predicted molar refractivity (Wildman–Crippen MR) is 102 cm³/mol. The Labute approximate surface area is 153 Å². The van der Waals surface area contributed by atoms with Crippen molar-refractivity contribution in [3.63, 3.8) is 0 Å². The molecule has 2 rings (SSSR count). The fraction of sp³-hybridized carbons (Fsp3) is 0.300. The number of nitrogens with one attached hydrogen (secondary N) is 2.